The minimum Gasteiger partial charge on any atom is -0.389 e. The van der Waals surface area contributed by atoms with Crippen molar-refractivity contribution >= 4 is 28.9 Å². The fourth-order valence-electron chi connectivity index (χ4n) is 1.35. The highest BCUT2D eigenvalue weighted by Crippen LogP contribution is 2.12. The Bertz CT molecular complexity index is 422. The highest BCUT2D eigenvalue weighted by atomic mass is 32.1. The summed E-state index contributed by atoms with van der Waals surface area (Å²) in [6, 6.07) is 3.54. The predicted molar refractivity (Wildman–Crippen MR) is 72.1 cm³/mol. The largest absolute Gasteiger partial charge is 0.389 e. The van der Waals surface area contributed by atoms with Crippen LogP contribution in [-0.2, 0) is 4.79 Å². The van der Waals surface area contributed by atoms with Gasteiger partial charge in [-0.1, -0.05) is 12.2 Å². The molecular weight excluding hydrogens is 236 g/mol. The number of nitrogens with one attached hydrogen (secondary N) is 1. The van der Waals surface area contributed by atoms with Gasteiger partial charge in [0.2, 0.25) is 5.91 Å². The van der Waals surface area contributed by atoms with Gasteiger partial charge in [0.1, 0.15) is 10.8 Å². The number of hydrogen-bond donors (Lipinski definition) is 2. The molecule has 6 heteroatoms. The molecule has 0 aliphatic rings. The topological polar surface area (TPSA) is 71.2 Å². The number of rotatable bonds is 5. The predicted octanol–water partition coefficient (Wildman–Crippen LogP) is 0.288. The van der Waals surface area contributed by atoms with Crippen LogP contribution in [0.2, 0.25) is 0 Å². The number of carbonyl (C=O) groups excluding carboxylic acids is 1. The van der Waals surface area contributed by atoms with Crippen molar-refractivity contribution in [1.29, 1.82) is 0 Å². The molecule has 92 valence electrons. The van der Waals surface area contributed by atoms with Gasteiger partial charge in [-0.15, -0.1) is 0 Å². The monoisotopic (exact) mass is 252 g/mol. The second-order valence-electron chi connectivity index (χ2n) is 3.45. The van der Waals surface area contributed by atoms with Gasteiger partial charge in [0, 0.05) is 25.4 Å². The molecule has 0 aliphatic heterocycles. The molecule has 1 rings (SSSR count). The van der Waals surface area contributed by atoms with E-state index in [2.05, 4.69) is 10.3 Å². The third-order valence-electron chi connectivity index (χ3n) is 2.35. The molecule has 0 radical (unpaired) electrons. The van der Waals surface area contributed by atoms with Crippen LogP contribution in [-0.4, -0.2) is 36.0 Å². The van der Waals surface area contributed by atoms with Gasteiger partial charge in [-0.2, -0.15) is 0 Å². The molecule has 0 unspecified atom stereocenters. The fraction of sp³-hybridized carbons (Fsp3) is 0.364. The summed E-state index contributed by atoms with van der Waals surface area (Å²) in [5.74, 6) is 0.635. The molecule has 0 atom stereocenters. The normalized spacial score (nSPS) is 9.76. The second-order valence-corrected chi connectivity index (χ2v) is 3.89. The van der Waals surface area contributed by atoms with E-state index in [1.165, 1.54) is 0 Å². The standard InChI is InChI=1S/C11H16N4OS/c1-3-15(7-10(16)13-2)9-6-8(11(12)17)4-5-14-9/h4-6H,3,7H2,1-2H3,(H2,12,17)(H,13,16). The van der Waals surface area contributed by atoms with Gasteiger partial charge in [0.25, 0.3) is 0 Å². The average Bonchev–Trinajstić information content (AvgIpc) is 2.35. The van der Waals surface area contributed by atoms with Crippen LogP contribution in [0.1, 0.15) is 12.5 Å². The highest BCUT2D eigenvalue weighted by Gasteiger charge is 2.10. The van der Waals surface area contributed by atoms with Gasteiger partial charge in [-0.3, -0.25) is 4.79 Å². The minimum atomic E-state index is -0.0608. The molecule has 1 heterocycles. The molecule has 0 fully saturated rings. The lowest BCUT2D eigenvalue weighted by Gasteiger charge is -2.21. The van der Waals surface area contributed by atoms with Gasteiger partial charge in [0.05, 0.1) is 6.54 Å². The SMILES string of the molecule is CCN(CC(=O)NC)c1cc(C(N)=S)ccn1. The van der Waals surface area contributed by atoms with Crippen molar-refractivity contribution in [3.05, 3.63) is 23.9 Å². The number of nitrogens with two attached hydrogens (primary N) is 1. The quantitative estimate of drug-likeness (QED) is 0.737. The Labute approximate surface area is 106 Å². The first-order valence-corrected chi connectivity index (χ1v) is 5.70. The molecule has 0 bridgehead atoms. The van der Waals surface area contributed by atoms with E-state index in [4.69, 9.17) is 18.0 Å². The average molecular weight is 252 g/mol. The molecule has 0 aromatic carbocycles. The van der Waals surface area contributed by atoms with Crippen LogP contribution < -0.4 is 16.0 Å². The number of thiocarbonyl (C=S) groups is 1. The molecule has 0 saturated carbocycles. The summed E-state index contributed by atoms with van der Waals surface area (Å²) >= 11 is 4.91. The number of aromatic nitrogens is 1. The molecule has 0 saturated heterocycles. The van der Waals surface area contributed by atoms with Crippen molar-refractivity contribution in [1.82, 2.24) is 10.3 Å². The maximum atomic E-state index is 11.3. The summed E-state index contributed by atoms with van der Waals surface area (Å²) in [6.07, 6.45) is 1.64. The van der Waals surface area contributed by atoms with Crippen LogP contribution in [0.15, 0.2) is 18.3 Å². The number of carbonyl (C=O) groups is 1. The lowest BCUT2D eigenvalue weighted by molar-refractivity contribution is -0.119. The number of hydrogen-bond acceptors (Lipinski definition) is 4. The summed E-state index contributed by atoms with van der Waals surface area (Å²) in [5.41, 5.74) is 6.31. The Morgan fingerprint density at radius 2 is 2.35 bits per heavy atom. The van der Waals surface area contributed by atoms with Crippen LogP contribution in [0.5, 0.6) is 0 Å². The zero-order chi connectivity index (χ0) is 12.8. The van der Waals surface area contributed by atoms with Crippen LogP contribution in [0.3, 0.4) is 0 Å². The second kappa shape index (κ2) is 6.15. The number of pyridine rings is 1. The maximum Gasteiger partial charge on any atom is 0.239 e. The lowest BCUT2D eigenvalue weighted by Crippen LogP contribution is -2.36. The molecule has 1 aromatic rings. The van der Waals surface area contributed by atoms with Gasteiger partial charge in [0.15, 0.2) is 0 Å². The zero-order valence-corrected chi connectivity index (χ0v) is 10.8. The Morgan fingerprint density at radius 3 is 2.88 bits per heavy atom. The molecule has 5 nitrogen and oxygen atoms in total. The van der Waals surface area contributed by atoms with Crippen molar-refractivity contribution in [2.24, 2.45) is 5.73 Å². The summed E-state index contributed by atoms with van der Waals surface area (Å²) < 4.78 is 0. The molecule has 0 aliphatic carbocycles. The van der Waals surface area contributed by atoms with Crippen LogP contribution in [0, 0.1) is 0 Å². The smallest absolute Gasteiger partial charge is 0.239 e. The van der Waals surface area contributed by atoms with Crippen LogP contribution in [0.25, 0.3) is 0 Å². The molecule has 17 heavy (non-hydrogen) atoms. The maximum absolute atomic E-state index is 11.3. The zero-order valence-electron chi connectivity index (χ0n) is 9.93. The van der Waals surface area contributed by atoms with Gasteiger partial charge >= 0.3 is 0 Å². The van der Waals surface area contributed by atoms with E-state index in [0.29, 0.717) is 17.4 Å². The van der Waals surface area contributed by atoms with Crippen molar-refractivity contribution < 1.29 is 4.79 Å². The summed E-state index contributed by atoms with van der Waals surface area (Å²) in [6.45, 7) is 2.90. The van der Waals surface area contributed by atoms with Crippen molar-refractivity contribution in [3.8, 4) is 0 Å². The number of anilines is 1. The van der Waals surface area contributed by atoms with Crippen molar-refractivity contribution in [2.75, 3.05) is 25.0 Å². The first-order chi connectivity index (χ1) is 8.08. The van der Waals surface area contributed by atoms with Gasteiger partial charge in [-0.05, 0) is 19.1 Å². The number of amides is 1. The molecule has 0 spiro atoms. The Balaban J connectivity index is 2.91. The fourth-order valence-corrected chi connectivity index (χ4v) is 1.48. The van der Waals surface area contributed by atoms with E-state index < -0.39 is 0 Å². The van der Waals surface area contributed by atoms with E-state index in [1.807, 2.05) is 11.8 Å². The van der Waals surface area contributed by atoms with E-state index in [-0.39, 0.29) is 12.5 Å². The number of likely N-dealkylation sites (N-methyl/N-ethyl adjacent to an activating group) is 2. The molecule has 1 amide bonds. The molecule has 3 N–H and O–H groups in total. The van der Waals surface area contributed by atoms with Gasteiger partial charge in [-0.25, -0.2) is 4.98 Å². The molecular formula is C11H16N4OS. The van der Waals surface area contributed by atoms with E-state index >= 15 is 0 Å². The summed E-state index contributed by atoms with van der Waals surface area (Å²) in [7, 11) is 1.61. The van der Waals surface area contributed by atoms with Crippen molar-refractivity contribution in [2.45, 2.75) is 6.92 Å². The number of nitrogens with zero attached hydrogens (tertiary/aromatic N) is 2. The van der Waals surface area contributed by atoms with Crippen LogP contribution >= 0.6 is 12.2 Å². The highest BCUT2D eigenvalue weighted by molar-refractivity contribution is 7.80. The van der Waals surface area contributed by atoms with Crippen LogP contribution in [0.4, 0.5) is 5.82 Å². The Hall–Kier alpha value is -1.69. The van der Waals surface area contributed by atoms with Crippen molar-refractivity contribution in [3.63, 3.8) is 0 Å². The first-order valence-electron chi connectivity index (χ1n) is 5.29. The van der Waals surface area contributed by atoms with E-state index in [0.717, 1.165) is 5.56 Å². The third-order valence-corrected chi connectivity index (χ3v) is 2.58. The summed E-state index contributed by atoms with van der Waals surface area (Å²) in [4.78, 5) is 17.7. The molecule has 1 aromatic heterocycles. The first kappa shape index (κ1) is 13.4. The van der Waals surface area contributed by atoms with E-state index in [1.54, 1.807) is 25.4 Å². The lowest BCUT2D eigenvalue weighted by atomic mass is 10.2. The minimum absolute atomic E-state index is 0.0608. The third kappa shape index (κ3) is 3.67. The summed E-state index contributed by atoms with van der Waals surface area (Å²) in [5, 5.41) is 2.58. The Kier molecular flexibility index (Phi) is 4.84. The van der Waals surface area contributed by atoms with Gasteiger partial charge < -0.3 is 16.0 Å². The Morgan fingerprint density at radius 1 is 1.65 bits per heavy atom. The van der Waals surface area contributed by atoms with E-state index in [9.17, 15) is 4.79 Å².